The molecule has 0 bridgehead atoms. The Balaban J connectivity index is 1.87. The zero-order chi connectivity index (χ0) is 20.2. The Hall–Kier alpha value is -1.30. The van der Waals surface area contributed by atoms with Crippen LogP contribution in [0.1, 0.15) is 0 Å². The van der Waals surface area contributed by atoms with Crippen molar-refractivity contribution in [2.24, 2.45) is 0 Å². The molecular formula is C25H20I2NP. The van der Waals surface area contributed by atoms with Crippen LogP contribution in [0.15, 0.2) is 84.9 Å². The Bertz CT molecular complexity index is 1390. The van der Waals surface area contributed by atoms with Gasteiger partial charge in [-0.2, -0.15) is 0 Å². The third kappa shape index (κ3) is 3.55. The standard InChI is InChI=1S/C25H20I2NP/c1-29(2,26,27)19-14-11-18(12-15-19)24-21-9-5-6-10-23(21)28-25-20-8-4-3-7-17(20)13-16-22(24)25/h3-16H,1-2H3. The monoisotopic (exact) mass is 619 g/mol. The number of halogens is 2. The van der Waals surface area contributed by atoms with E-state index in [0.717, 1.165) is 11.0 Å². The first-order valence-electron chi connectivity index (χ1n) is 9.54. The zero-order valence-electron chi connectivity index (χ0n) is 16.2. The SMILES string of the molecule is CP(C)(I)(I)c1ccc(-c2c3ccccc3nc3c2ccc2ccccc23)cc1. The van der Waals surface area contributed by atoms with Crippen molar-refractivity contribution in [2.75, 3.05) is 13.3 Å². The number of benzene rings is 4. The van der Waals surface area contributed by atoms with Crippen molar-refractivity contribution in [3.8, 4) is 11.1 Å². The van der Waals surface area contributed by atoms with Crippen molar-refractivity contribution in [3.63, 3.8) is 0 Å². The summed E-state index contributed by atoms with van der Waals surface area (Å²) in [6.45, 7) is 4.76. The minimum absolute atomic E-state index is 1.05. The van der Waals surface area contributed by atoms with Crippen molar-refractivity contribution in [1.29, 1.82) is 0 Å². The van der Waals surface area contributed by atoms with Gasteiger partial charge in [0.15, 0.2) is 0 Å². The van der Waals surface area contributed by atoms with E-state index in [4.69, 9.17) is 4.98 Å². The van der Waals surface area contributed by atoms with Crippen molar-refractivity contribution in [1.82, 2.24) is 4.98 Å². The van der Waals surface area contributed by atoms with Crippen LogP contribution in [0.3, 0.4) is 0 Å². The average Bonchev–Trinajstić information content (AvgIpc) is 2.71. The molecule has 4 heteroatoms. The number of nitrogens with zero attached hydrogens (tertiary/aromatic N) is 1. The summed E-state index contributed by atoms with van der Waals surface area (Å²) in [4.78, 5) is 5.06. The summed E-state index contributed by atoms with van der Waals surface area (Å²) in [5.74, 6) is 0. The van der Waals surface area contributed by atoms with Crippen molar-refractivity contribution >= 4 is 83.9 Å². The fourth-order valence-electron chi connectivity index (χ4n) is 3.98. The summed E-state index contributed by atoms with van der Waals surface area (Å²) in [7, 11) is 0. The normalized spacial score (nSPS) is 13.6. The first kappa shape index (κ1) is 19.7. The third-order valence-corrected chi connectivity index (χ3v) is 10.5. The second kappa shape index (κ2) is 6.86. The van der Waals surface area contributed by atoms with Crippen molar-refractivity contribution < 1.29 is 0 Å². The average molecular weight is 619 g/mol. The molecule has 0 spiro atoms. The summed E-state index contributed by atoms with van der Waals surface area (Å²) in [6.07, 6.45) is 0. The van der Waals surface area contributed by atoms with E-state index in [1.54, 1.807) is 0 Å². The van der Waals surface area contributed by atoms with Crippen molar-refractivity contribution in [3.05, 3.63) is 84.9 Å². The molecule has 5 aromatic rings. The van der Waals surface area contributed by atoms with Crippen LogP contribution in [0.5, 0.6) is 0 Å². The van der Waals surface area contributed by atoms with Gasteiger partial charge in [-0.25, -0.2) is 0 Å². The van der Waals surface area contributed by atoms with Gasteiger partial charge in [0.1, 0.15) is 0 Å². The van der Waals surface area contributed by atoms with Gasteiger partial charge in [0.2, 0.25) is 0 Å². The Morgan fingerprint density at radius 3 is 2.03 bits per heavy atom. The van der Waals surface area contributed by atoms with Crippen LogP contribution in [-0.4, -0.2) is 18.3 Å². The van der Waals surface area contributed by atoms with Crippen LogP contribution < -0.4 is 5.30 Å². The Kier molecular flexibility index (Phi) is 4.65. The number of para-hydroxylation sites is 1. The van der Waals surface area contributed by atoms with Gasteiger partial charge in [-0.05, 0) is 0 Å². The molecular weight excluding hydrogens is 599 g/mol. The van der Waals surface area contributed by atoms with Gasteiger partial charge in [-0.1, -0.05) is 0 Å². The molecule has 5 rings (SSSR count). The van der Waals surface area contributed by atoms with Gasteiger partial charge in [0.25, 0.3) is 0 Å². The van der Waals surface area contributed by atoms with Crippen LogP contribution in [0.25, 0.3) is 43.7 Å². The second-order valence-electron chi connectivity index (χ2n) is 8.04. The fourth-order valence-corrected chi connectivity index (χ4v) is 6.88. The van der Waals surface area contributed by atoms with Crippen molar-refractivity contribution in [2.45, 2.75) is 0 Å². The molecule has 29 heavy (non-hydrogen) atoms. The molecule has 4 aromatic carbocycles. The van der Waals surface area contributed by atoms with Gasteiger partial charge in [0.05, 0.1) is 0 Å². The van der Waals surface area contributed by atoms with E-state index < -0.39 is 1.89 Å². The molecule has 0 aliphatic heterocycles. The maximum atomic E-state index is 5.06. The first-order chi connectivity index (χ1) is 13.8. The molecule has 0 aliphatic carbocycles. The van der Waals surface area contributed by atoms with Crippen LogP contribution >= 0.6 is 46.0 Å². The molecule has 144 valence electrons. The number of pyridine rings is 1. The molecule has 0 N–H and O–H groups in total. The number of rotatable bonds is 2. The van der Waals surface area contributed by atoms with Crippen LogP contribution in [0, 0.1) is 0 Å². The molecule has 0 saturated heterocycles. The number of fused-ring (bicyclic) bond motifs is 4. The van der Waals surface area contributed by atoms with Crippen LogP contribution in [0.2, 0.25) is 0 Å². The van der Waals surface area contributed by atoms with Gasteiger partial charge in [-0.3, -0.25) is 0 Å². The molecule has 0 saturated carbocycles. The van der Waals surface area contributed by atoms with Gasteiger partial charge >= 0.3 is 198 Å². The summed E-state index contributed by atoms with van der Waals surface area (Å²) < 4.78 is -1.84. The van der Waals surface area contributed by atoms with E-state index >= 15 is 0 Å². The molecule has 0 radical (unpaired) electrons. The second-order valence-corrected chi connectivity index (χ2v) is 35.1. The molecule has 1 aromatic heterocycles. The summed E-state index contributed by atoms with van der Waals surface area (Å²) in [6, 6.07) is 30.7. The van der Waals surface area contributed by atoms with Gasteiger partial charge in [0, 0.05) is 0 Å². The van der Waals surface area contributed by atoms with E-state index in [0.29, 0.717) is 0 Å². The number of hydrogen-bond acceptors (Lipinski definition) is 1. The quantitative estimate of drug-likeness (QED) is 0.0839. The molecule has 0 fully saturated rings. The van der Waals surface area contributed by atoms with Crippen LogP contribution in [-0.2, 0) is 0 Å². The van der Waals surface area contributed by atoms with E-state index in [2.05, 4.69) is 142 Å². The summed E-state index contributed by atoms with van der Waals surface area (Å²) in [5, 5.41) is 6.30. The Morgan fingerprint density at radius 1 is 0.655 bits per heavy atom. The summed E-state index contributed by atoms with van der Waals surface area (Å²) >= 11 is 5.30. The van der Waals surface area contributed by atoms with E-state index in [1.165, 1.54) is 38.0 Å². The van der Waals surface area contributed by atoms with Gasteiger partial charge < -0.3 is 0 Å². The maximum absolute atomic E-state index is 5.06. The molecule has 0 aliphatic rings. The predicted octanol–water partition coefficient (Wildman–Crippen LogP) is 8.35. The van der Waals surface area contributed by atoms with Crippen LogP contribution in [0.4, 0.5) is 0 Å². The zero-order valence-corrected chi connectivity index (χ0v) is 21.4. The molecule has 0 atom stereocenters. The topological polar surface area (TPSA) is 12.9 Å². The van der Waals surface area contributed by atoms with E-state index in [9.17, 15) is 0 Å². The molecule has 1 heterocycles. The fraction of sp³-hybridized carbons (Fsp3) is 0.0800. The Labute approximate surface area is 196 Å². The predicted molar refractivity (Wildman–Crippen MR) is 149 cm³/mol. The first-order valence-corrected chi connectivity index (χ1v) is 18.2. The number of hydrogen-bond donors (Lipinski definition) is 0. The molecule has 1 nitrogen and oxygen atoms in total. The Morgan fingerprint density at radius 2 is 1.31 bits per heavy atom. The summed E-state index contributed by atoms with van der Waals surface area (Å²) in [5.41, 5.74) is 4.65. The van der Waals surface area contributed by atoms with E-state index in [-0.39, 0.29) is 0 Å². The third-order valence-electron chi connectivity index (χ3n) is 5.44. The van der Waals surface area contributed by atoms with Gasteiger partial charge in [-0.15, -0.1) is 0 Å². The minimum atomic E-state index is -1.84. The molecule has 0 amide bonds. The number of aromatic nitrogens is 1. The van der Waals surface area contributed by atoms with E-state index in [1.807, 2.05) is 0 Å². The molecule has 0 unspecified atom stereocenters.